The Morgan fingerprint density at radius 1 is 1.81 bits per heavy atom. The molecule has 16 heavy (non-hydrogen) atoms. The molecular formula is C10H15N3O2S. The van der Waals surface area contributed by atoms with Crippen LogP contribution in [0.25, 0.3) is 0 Å². The number of nitrogens with one attached hydrogen (secondary N) is 1. The van der Waals surface area contributed by atoms with E-state index in [1.165, 1.54) is 0 Å². The molecule has 2 N–H and O–H groups in total. The Bertz CT molecular complexity index is 355. The van der Waals surface area contributed by atoms with E-state index in [1.54, 1.807) is 17.5 Å². The molecule has 88 valence electrons. The second kappa shape index (κ2) is 4.90. The molecule has 5 nitrogen and oxygen atoms in total. The van der Waals surface area contributed by atoms with Gasteiger partial charge in [0.05, 0.1) is 6.04 Å². The highest BCUT2D eigenvalue weighted by Crippen LogP contribution is 2.22. The van der Waals surface area contributed by atoms with Crippen molar-refractivity contribution < 1.29 is 9.90 Å². The molecule has 0 unspecified atom stereocenters. The summed E-state index contributed by atoms with van der Waals surface area (Å²) in [5, 5.41) is 15.0. The fourth-order valence-corrected chi connectivity index (χ4v) is 2.62. The molecule has 0 saturated carbocycles. The molecule has 2 rings (SSSR count). The molecule has 0 aliphatic carbocycles. The van der Waals surface area contributed by atoms with Crippen LogP contribution in [0.5, 0.6) is 0 Å². The number of hydrogen-bond acceptors (Lipinski definition) is 5. The lowest BCUT2D eigenvalue weighted by molar-refractivity contribution is -0.140. The Morgan fingerprint density at radius 3 is 3.25 bits per heavy atom. The van der Waals surface area contributed by atoms with Crippen LogP contribution < -0.4 is 5.32 Å². The van der Waals surface area contributed by atoms with Crippen LogP contribution >= 0.6 is 11.3 Å². The van der Waals surface area contributed by atoms with E-state index in [0.717, 1.165) is 11.6 Å². The number of piperazine rings is 1. The number of carboxylic acid groups (broad SMARTS) is 1. The van der Waals surface area contributed by atoms with Gasteiger partial charge in [-0.15, -0.1) is 11.3 Å². The first-order chi connectivity index (χ1) is 7.68. The molecule has 6 heteroatoms. The Hall–Kier alpha value is -0.980. The third-order valence-electron chi connectivity index (χ3n) is 2.86. The Labute approximate surface area is 98.1 Å². The lowest BCUT2D eigenvalue weighted by Gasteiger charge is -2.34. The second-order valence-corrected chi connectivity index (χ2v) is 4.81. The van der Waals surface area contributed by atoms with Crippen molar-refractivity contribution in [2.45, 2.75) is 19.0 Å². The first-order valence-corrected chi connectivity index (χ1v) is 6.16. The van der Waals surface area contributed by atoms with E-state index in [4.69, 9.17) is 5.11 Å². The number of carbonyl (C=O) groups is 1. The molecular weight excluding hydrogens is 226 g/mol. The number of nitrogens with zero attached hydrogens (tertiary/aromatic N) is 2. The Balaban J connectivity index is 2.01. The van der Waals surface area contributed by atoms with Crippen LogP contribution in [-0.4, -0.2) is 46.6 Å². The van der Waals surface area contributed by atoms with E-state index < -0.39 is 12.0 Å². The molecule has 1 fully saturated rings. The van der Waals surface area contributed by atoms with E-state index in [-0.39, 0.29) is 6.04 Å². The van der Waals surface area contributed by atoms with Gasteiger partial charge in [-0.05, 0) is 6.92 Å². The maximum absolute atomic E-state index is 10.9. The molecule has 1 aliphatic rings. The van der Waals surface area contributed by atoms with Crippen molar-refractivity contribution in [2.24, 2.45) is 0 Å². The summed E-state index contributed by atoms with van der Waals surface area (Å²) in [5.74, 6) is -0.781. The highest BCUT2D eigenvalue weighted by atomic mass is 32.1. The number of rotatable bonds is 3. The lowest BCUT2D eigenvalue weighted by Crippen LogP contribution is -2.54. The van der Waals surface area contributed by atoms with Crippen LogP contribution in [0.2, 0.25) is 0 Å². The molecule has 1 saturated heterocycles. The van der Waals surface area contributed by atoms with Gasteiger partial charge in [-0.2, -0.15) is 0 Å². The third kappa shape index (κ3) is 2.40. The monoisotopic (exact) mass is 241 g/mol. The van der Waals surface area contributed by atoms with Gasteiger partial charge < -0.3 is 10.4 Å². The van der Waals surface area contributed by atoms with Gasteiger partial charge in [-0.1, -0.05) is 0 Å². The predicted molar refractivity (Wildman–Crippen MR) is 61.5 cm³/mol. The molecule has 2 atom stereocenters. The summed E-state index contributed by atoms with van der Waals surface area (Å²) in [6.45, 7) is 4.19. The largest absolute Gasteiger partial charge is 0.480 e. The summed E-state index contributed by atoms with van der Waals surface area (Å²) in [7, 11) is 0. The van der Waals surface area contributed by atoms with E-state index in [9.17, 15) is 4.79 Å². The van der Waals surface area contributed by atoms with Gasteiger partial charge >= 0.3 is 5.97 Å². The molecule has 1 aromatic rings. The van der Waals surface area contributed by atoms with Crippen molar-refractivity contribution in [1.82, 2.24) is 15.2 Å². The minimum atomic E-state index is -0.781. The topological polar surface area (TPSA) is 65.5 Å². The number of thiazole rings is 1. The van der Waals surface area contributed by atoms with Crippen LogP contribution in [0.1, 0.15) is 18.0 Å². The van der Waals surface area contributed by atoms with Crippen LogP contribution in [0, 0.1) is 0 Å². The van der Waals surface area contributed by atoms with Crippen LogP contribution in [0.15, 0.2) is 11.6 Å². The quantitative estimate of drug-likeness (QED) is 0.809. The maximum Gasteiger partial charge on any atom is 0.322 e. The van der Waals surface area contributed by atoms with Gasteiger partial charge in [-0.25, -0.2) is 4.98 Å². The van der Waals surface area contributed by atoms with Crippen molar-refractivity contribution in [1.29, 1.82) is 0 Å². The summed E-state index contributed by atoms with van der Waals surface area (Å²) >= 11 is 1.61. The lowest BCUT2D eigenvalue weighted by atomic mass is 10.1. The molecule has 0 amide bonds. The third-order valence-corrected chi connectivity index (χ3v) is 3.81. The van der Waals surface area contributed by atoms with Gasteiger partial charge in [0.15, 0.2) is 0 Å². The van der Waals surface area contributed by atoms with E-state index in [2.05, 4.69) is 22.1 Å². The number of carboxylic acids is 1. The normalized spacial score (nSPS) is 24.2. The zero-order valence-corrected chi connectivity index (χ0v) is 9.91. The Morgan fingerprint density at radius 2 is 2.62 bits per heavy atom. The molecule has 1 aliphatic heterocycles. The van der Waals surface area contributed by atoms with Crippen molar-refractivity contribution in [3.05, 3.63) is 16.6 Å². The zero-order chi connectivity index (χ0) is 11.5. The van der Waals surface area contributed by atoms with Gasteiger partial charge in [-0.3, -0.25) is 9.69 Å². The molecule has 0 radical (unpaired) electrons. The van der Waals surface area contributed by atoms with E-state index in [1.807, 2.05) is 5.38 Å². The molecule has 0 aromatic carbocycles. The molecule has 0 spiro atoms. The minimum absolute atomic E-state index is 0.198. The first-order valence-electron chi connectivity index (χ1n) is 5.28. The van der Waals surface area contributed by atoms with Crippen molar-refractivity contribution in [3.8, 4) is 0 Å². The van der Waals surface area contributed by atoms with Crippen LogP contribution in [0.3, 0.4) is 0 Å². The second-order valence-electron chi connectivity index (χ2n) is 3.89. The average molecular weight is 241 g/mol. The predicted octanol–water partition coefficient (Wildman–Crippen LogP) is 0.562. The summed E-state index contributed by atoms with van der Waals surface area (Å²) < 4.78 is 0. The fraction of sp³-hybridized carbons (Fsp3) is 0.600. The van der Waals surface area contributed by atoms with Crippen molar-refractivity contribution >= 4 is 17.3 Å². The average Bonchev–Trinajstić information content (AvgIpc) is 2.81. The zero-order valence-electron chi connectivity index (χ0n) is 9.09. The van der Waals surface area contributed by atoms with Gasteiger partial charge in [0.25, 0.3) is 0 Å². The van der Waals surface area contributed by atoms with E-state index >= 15 is 0 Å². The molecule has 2 heterocycles. The molecule has 0 bridgehead atoms. The first kappa shape index (κ1) is 11.5. The molecule has 1 aromatic heterocycles. The SMILES string of the molecule is C[C@H](c1nccs1)N1CCN[C@H](C(=O)O)C1. The van der Waals surface area contributed by atoms with Crippen LogP contribution in [0.4, 0.5) is 0 Å². The van der Waals surface area contributed by atoms with E-state index in [0.29, 0.717) is 13.1 Å². The summed E-state index contributed by atoms with van der Waals surface area (Å²) in [5.41, 5.74) is 0. The van der Waals surface area contributed by atoms with Gasteiger partial charge in [0.2, 0.25) is 0 Å². The maximum atomic E-state index is 10.9. The number of hydrogen-bond donors (Lipinski definition) is 2. The summed E-state index contributed by atoms with van der Waals surface area (Å²) in [6.07, 6.45) is 1.79. The van der Waals surface area contributed by atoms with Crippen molar-refractivity contribution in [2.75, 3.05) is 19.6 Å². The minimum Gasteiger partial charge on any atom is -0.480 e. The Kier molecular flexibility index (Phi) is 3.52. The summed E-state index contributed by atoms with van der Waals surface area (Å²) in [6, 6.07) is -0.264. The summed E-state index contributed by atoms with van der Waals surface area (Å²) in [4.78, 5) is 17.3. The van der Waals surface area contributed by atoms with Gasteiger partial charge in [0, 0.05) is 31.2 Å². The van der Waals surface area contributed by atoms with Crippen molar-refractivity contribution in [3.63, 3.8) is 0 Å². The van der Waals surface area contributed by atoms with Crippen LogP contribution in [-0.2, 0) is 4.79 Å². The highest BCUT2D eigenvalue weighted by Gasteiger charge is 2.28. The highest BCUT2D eigenvalue weighted by molar-refractivity contribution is 7.09. The number of aromatic nitrogens is 1. The number of aliphatic carboxylic acids is 1. The van der Waals surface area contributed by atoms with Gasteiger partial charge in [0.1, 0.15) is 11.0 Å². The fourth-order valence-electron chi connectivity index (χ4n) is 1.89. The smallest absolute Gasteiger partial charge is 0.322 e. The standard InChI is InChI=1S/C10H15N3O2S/c1-7(9-12-3-5-16-9)13-4-2-11-8(6-13)10(14)15/h3,5,7-8,11H,2,4,6H2,1H3,(H,14,15)/t7-,8+/m1/s1.